The molecule has 0 unspecified atom stereocenters. The van der Waals surface area contributed by atoms with Crippen LogP contribution in [0, 0.1) is 0 Å². The van der Waals surface area contributed by atoms with Gasteiger partial charge in [-0.1, -0.05) is 6.92 Å². The highest BCUT2D eigenvalue weighted by Gasteiger charge is 2.15. The van der Waals surface area contributed by atoms with Crippen LogP contribution in [-0.2, 0) is 6.54 Å². The summed E-state index contributed by atoms with van der Waals surface area (Å²) in [6.45, 7) is 6.83. The number of rotatable bonds is 6. The van der Waals surface area contributed by atoms with E-state index >= 15 is 0 Å². The molecule has 0 spiro atoms. The van der Waals surface area contributed by atoms with Crippen LogP contribution in [0.15, 0.2) is 18.3 Å². The number of urea groups is 1. The predicted molar refractivity (Wildman–Crippen MR) is 75.6 cm³/mol. The van der Waals surface area contributed by atoms with Gasteiger partial charge < -0.3 is 15.3 Å². The first-order valence-electron chi connectivity index (χ1n) is 6.68. The number of amides is 2. The second kappa shape index (κ2) is 7.47. The summed E-state index contributed by atoms with van der Waals surface area (Å²) >= 11 is 0. The molecule has 0 atom stereocenters. The zero-order chi connectivity index (χ0) is 15.1. The summed E-state index contributed by atoms with van der Waals surface area (Å²) in [5.74, 6) is -1.00. The molecule has 2 N–H and O–H groups in total. The number of carbonyl (C=O) groups excluding carboxylic acids is 1. The number of aromatic nitrogens is 1. The van der Waals surface area contributed by atoms with Crippen LogP contribution in [0.1, 0.15) is 43.2 Å². The summed E-state index contributed by atoms with van der Waals surface area (Å²) in [5.41, 5.74) is 0.692. The van der Waals surface area contributed by atoms with E-state index in [1.807, 2.05) is 20.8 Å². The molecule has 0 aliphatic heterocycles. The van der Waals surface area contributed by atoms with Gasteiger partial charge in [0.15, 0.2) is 0 Å². The Kier molecular flexibility index (Phi) is 5.96. The molecule has 0 radical (unpaired) electrons. The first kappa shape index (κ1) is 15.9. The zero-order valence-corrected chi connectivity index (χ0v) is 12.1. The van der Waals surface area contributed by atoms with Crippen molar-refractivity contribution < 1.29 is 14.7 Å². The molecule has 1 aromatic rings. The van der Waals surface area contributed by atoms with Crippen LogP contribution >= 0.6 is 0 Å². The van der Waals surface area contributed by atoms with Crippen LogP contribution in [0.2, 0.25) is 0 Å². The van der Waals surface area contributed by atoms with E-state index in [2.05, 4.69) is 10.3 Å². The van der Waals surface area contributed by atoms with Gasteiger partial charge >= 0.3 is 12.0 Å². The summed E-state index contributed by atoms with van der Waals surface area (Å²) < 4.78 is 0. The Labute approximate surface area is 118 Å². The summed E-state index contributed by atoms with van der Waals surface area (Å²) in [6, 6.07) is 2.84. The predicted octanol–water partition coefficient (Wildman–Crippen LogP) is 2.11. The molecule has 1 heterocycles. The van der Waals surface area contributed by atoms with E-state index in [1.165, 1.54) is 18.3 Å². The molecular formula is C14H21N3O3. The largest absolute Gasteiger partial charge is 0.478 e. The Morgan fingerprint density at radius 1 is 1.45 bits per heavy atom. The lowest BCUT2D eigenvalue weighted by Crippen LogP contribution is -2.44. The molecule has 2 amide bonds. The lowest BCUT2D eigenvalue weighted by Gasteiger charge is -2.26. The van der Waals surface area contributed by atoms with E-state index in [1.54, 1.807) is 4.90 Å². The SMILES string of the molecule is CCCN(C(=O)NCc1cc(C(=O)O)ccn1)C(C)C. The van der Waals surface area contributed by atoms with Crippen molar-refractivity contribution in [3.63, 3.8) is 0 Å². The summed E-state index contributed by atoms with van der Waals surface area (Å²) in [5, 5.41) is 11.7. The molecule has 0 bridgehead atoms. The van der Waals surface area contributed by atoms with Gasteiger partial charge in [0.25, 0.3) is 0 Å². The molecule has 0 saturated heterocycles. The molecule has 0 aliphatic carbocycles. The standard InChI is InChI=1S/C14H21N3O3/c1-4-7-17(10(2)3)14(20)16-9-12-8-11(13(18)19)5-6-15-12/h5-6,8,10H,4,7,9H2,1-3H3,(H,16,20)(H,18,19). The number of aromatic carboxylic acids is 1. The van der Waals surface area contributed by atoms with E-state index in [4.69, 9.17) is 5.11 Å². The van der Waals surface area contributed by atoms with E-state index in [0.717, 1.165) is 6.42 Å². The normalized spacial score (nSPS) is 10.4. The number of carboxylic acid groups (broad SMARTS) is 1. The van der Waals surface area contributed by atoms with Crippen LogP contribution < -0.4 is 5.32 Å². The maximum atomic E-state index is 12.0. The number of carboxylic acids is 1. The molecule has 0 fully saturated rings. The maximum absolute atomic E-state index is 12.0. The van der Waals surface area contributed by atoms with Crippen LogP contribution in [0.4, 0.5) is 4.79 Å². The molecule has 0 saturated carbocycles. The third kappa shape index (κ3) is 4.53. The molecule has 6 heteroatoms. The number of nitrogens with zero attached hydrogens (tertiary/aromatic N) is 2. The average molecular weight is 279 g/mol. The lowest BCUT2D eigenvalue weighted by atomic mass is 10.2. The van der Waals surface area contributed by atoms with Gasteiger partial charge in [0, 0.05) is 18.8 Å². The Morgan fingerprint density at radius 2 is 2.15 bits per heavy atom. The monoisotopic (exact) mass is 279 g/mol. The van der Waals surface area contributed by atoms with Gasteiger partial charge in [-0.15, -0.1) is 0 Å². The number of hydrogen-bond acceptors (Lipinski definition) is 3. The van der Waals surface area contributed by atoms with Crippen molar-refractivity contribution in [3.8, 4) is 0 Å². The topological polar surface area (TPSA) is 82.5 Å². The molecular weight excluding hydrogens is 258 g/mol. The van der Waals surface area contributed by atoms with Crippen LogP contribution in [0.3, 0.4) is 0 Å². The smallest absolute Gasteiger partial charge is 0.335 e. The minimum absolute atomic E-state index is 0.119. The first-order valence-corrected chi connectivity index (χ1v) is 6.68. The van der Waals surface area contributed by atoms with E-state index in [0.29, 0.717) is 12.2 Å². The number of pyridine rings is 1. The van der Waals surface area contributed by atoms with E-state index in [9.17, 15) is 9.59 Å². The van der Waals surface area contributed by atoms with Gasteiger partial charge in [-0.3, -0.25) is 4.98 Å². The molecule has 0 aliphatic rings. The molecule has 110 valence electrons. The van der Waals surface area contributed by atoms with E-state index < -0.39 is 5.97 Å². The number of carbonyl (C=O) groups is 2. The van der Waals surface area contributed by atoms with Gasteiger partial charge in [-0.2, -0.15) is 0 Å². The van der Waals surface area contributed by atoms with Crippen LogP contribution in [0.25, 0.3) is 0 Å². The molecule has 1 aromatic heterocycles. The minimum Gasteiger partial charge on any atom is -0.478 e. The van der Waals surface area contributed by atoms with E-state index in [-0.39, 0.29) is 24.2 Å². The highest BCUT2D eigenvalue weighted by Crippen LogP contribution is 2.04. The van der Waals surface area contributed by atoms with Crippen molar-refractivity contribution >= 4 is 12.0 Å². The third-order valence-electron chi connectivity index (χ3n) is 2.83. The highest BCUT2D eigenvalue weighted by atomic mass is 16.4. The summed E-state index contributed by atoms with van der Waals surface area (Å²) in [4.78, 5) is 28.7. The Balaban J connectivity index is 2.64. The quantitative estimate of drug-likeness (QED) is 0.835. The maximum Gasteiger partial charge on any atom is 0.335 e. The van der Waals surface area contributed by atoms with Crippen molar-refractivity contribution in [2.75, 3.05) is 6.54 Å². The van der Waals surface area contributed by atoms with Gasteiger partial charge in [0.05, 0.1) is 17.8 Å². The Bertz CT molecular complexity index is 474. The van der Waals surface area contributed by atoms with Crippen molar-refractivity contribution in [1.29, 1.82) is 0 Å². The first-order chi connectivity index (χ1) is 9.45. The van der Waals surface area contributed by atoms with Gasteiger partial charge in [0.1, 0.15) is 0 Å². The Hall–Kier alpha value is -2.11. The fraction of sp³-hybridized carbons (Fsp3) is 0.500. The van der Waals surface area contributed by atoms with Gasteiger partial charge in [-0.05, 0) is 32.4 Å². The van der Waals surface area contributed by atoms with Gasteiger partial charge in [-0.25, -0.2) is 9.59 Å². The van der Waals surface area contributed by atoms with Crippen LogP contribution in [-0.4, -0.2) is 39.6 Å². The summed E-state index contributed by atoms with van der Waals surface area (Å²) in [6.07, 6.45) is 2.32. The van der Waals surface area contributed by atoms with Crippen molar-refractivity contribution in [2.24, 2.45) is 0 Å². The van der Waals surface area contributed by atoms with Crippen LogP contribution in [0.5, 0.6) is 0 Å². The van der Waals surface area contributed by atoms with Crippen molar-refractivity contribution in [1.82, 2.24) is 15.2 Å². The summed E-state index contributed by atoms with van der Waals surface area (Å²) in [7, 11) is 0. The molecule has 1 rings (SSSR count). The molecule has 20 heavy (non-hydrogen) atoms. The third-order valence-corrected chi connectivity index (χ3v) is 2.83. The number of hydrogen-bond donors (Lipinski definition) is 2. The van der Waals surface area contributed by atoms with Crippen molar-refractivity contribution in [2.45, 2.75) is 39.8 Å². The lowest BCUT2D eigenvalue weighted by molar-refractivity contribution is 0.0696. The van der Waals surface area contributed by atoms with Gasteiger partial charge in [0.2, 0.25) is 0 Å². The van der Waals surface area contributed by atoms with Crippen molar-refractivity contribution in [3.05, 3.63) is 29.6 Å². The molecule has 0 aromatic carbocycles. The molecule has 6 nitrogen and oxygen atoms in total. The minimum atomic E-state index is -1.00. The highest BCUT2D eigenvalue weighted by molar-refractivity contribution is 5.87. The fourth-order valence-corrected chi connectivity index (χ4v) is 1.81. The fourth-order valence-electron chi connectivity index (χ4n) is 1.81. The number of nitrogens with one attached hydrogen (secondary N) is 1. The second-order valence-corrected chi connectivity index (χ2v) is 4.79. The Morgan fingerprint density at radius 3 is 2.70 bits per heavy atom. The second-order valence-electron chi connectivity index (χ2n) is 4.79. The average Bonchev–Trinajstić information content (AvgIpc) is 2.42. The zero-order valence-electron chi connectivity index (χ0n) is 12.1.